The zero-order valence-corrected chi connectivity index (χ0v) is 11.1. The lowest BCUT2D eigenvalue weighted by molar-refractivity contribution is -0.124. The predicted molar refractivity (Wildman–Crippen MR) is 65.9 cm³/mol. The first-order valence-corrected chi connectivity index (χ1v) is 5.91. The molecule has 1 unspecified atom stereocenters. The Balaban J connectivity index is 4.09. The van der Waals surface area contributed by atoms with Crippen LogP contribution in [-0.2, 0) is 4.79 Å². The highest BCUT2D eigenvalue weighted by Gasteiger charge is 2.24. The van der Waals surface area contributed by atoms with Crippen LogP contribution in [0.5, 0.6) is 0 Å². The standard InChI is InChI=1S/C12H26N2O2/c1-8(2)6-12(5,16)7-14-11(15)10(13)9(3)4/h8-10,16H,6-7,13H2,1-5H3,(H,14,15)/t10-,12?/m1/s1. The zero-order valence-electron chi connectivity index (χ0n) is 11.1. The van der Waals surface area contributed by atoms with E-state index in [1.54, 1.807) is 6.92 Å². The van der Waals surface area contributed by atoms with Gasteiger partial charge in [-0.2, -0.15) is 0 Å². The van der Waals surface area contributed by atoms with E-state index in [1.807, 2.05) is 27.7 Å². The fourth-order valence-corrected chi connectivity index (χ4v) is 1.65. The molecule has 16 heavy (non-hydrogen) atoms. The smallest absolute Gasteiger partial charge is 0.237 e. The SMILES string of the molecule is CC(C)CC(C)(O)CNC(=O)[C@H](N)C(C)C. The Hall–Kier alpha value is -0.610. The molecule has 4 heteroatoms. The van der Waals surface area contributed by atoms with Crippen molar-refractivity contribution in [3.63, 3.8) is 0 Å². The summed E-state index contributed by atoms with van der Waals surface area (Å²) < 4.78 is 0. The summed E-state index contributed by atoms with van der Waals surface area (Å²) in [4.78, 5) is 11.6. The first-order chi connectivity index (χ1) is 7.15. The van der Waals surface area contributed by atoms with Gasteiger partial charge in [-0.15, -0.1) is 0 Å². The van der Waals surface area contributed by atoms with Gasteiger partial charge >= 0.3 is 0 Å². The minimum atomic E-state index is -0.861. The minimum absolute atomic E-state index is 0.107. The Kier molecular flexibility index (Phi) is 5.97. The number of carbonyl (C=O) groups is 1. The third-order valence-electron chi connectivity index (χ3n) is 2.51. The normalized spacial score (nSPS) is 17.3. The molecule has 0 heterocycles. The molecule has 0 radical (unpaired) electrons. The molecule has 1 amide bonds. The molecule has 0 aromatic rings. The van der Waals surface area contributed by atoms with Gasteiger partial charge in [0.1, 0.15) is 0 Å². The van der Waals surface area contributed by atoms with Crippen molar-refractivity contribution in [2.45, 2.75) is 52.7 Å². The van der Waals surface area contributed by atoms with Gasteiger partial charge in [-0.05, 0) is 25.2 Å². The molecule has 0 aliphatic carbocycles. The van der Waals surface area contributed by atoms with Crippen LogP contribution in [-0.4, -0.2) is 29.2 Å². The van der Waals surface area contributed by atoms with Gasteiger partial charge in [-0.25, -0.2) is 0 Å². The third kappa shape index (κ3) is 6.08. The number of hydrogen-bond acceptors (Lipinski definition) is 3. The van der Waals surface area contributed by atoms with E-state index in [2.05, 4.69) is 5.32 Å². The minimum Gasteiger partial charge on any atom is -0.388 e. The molecule has 0 saturated heterocycles. The Bertz CT molecular complexity index is 225. The quantitative estimate of drug-likeness (QED) is 0.634. The summed E-state index contributed by atoms with van der Waals surface area (Å²) in [5.74, 6) is 0.305. The summed E-state index contributed by atoms with van der Waals surface area (Å²) >= 11 is 0. The van der Waals surface area contributed by atoms with Crippen LogP contribution in [0.25, 0.3) is 0 Å². The molecule has 0 bridgehead atoms. The van der Waals surface area contributed by atoms with Crippen LogP contribution in [0, 0.1) is 11.8 Å². The van der Waals surface area contributed by atoms with Gasteiger partial charge < -0.3 is 16.2 Å². The maximum Gasteiger partial charge on any atom is 0.237 e. The molecule has 0 fully saturated rings. The highest BCUT2D eigenvalue weighted by atomic mass is 16.3. The van der Waals surface area contributed by atoms with Crippen LogP contribution in [0.2, 0.25) is 0 Å². The van der Waals surface area contributed by atoms with Crippen LogP contribution in [0.15, 0.2) is 0 Å². The summed E-state index contributed by atoms with van der Waals surface area (Å²) in [6.07, 6.45) is 0.657. The van der Waals surface area contributed by atoms with Crippen LogP contribution < -0.4 is 11.1 Å². The van der Waals surface area contributed by atoms with Crippen LogP contribution in [0.1, 0.15) is 41.0 Å². The zero-order chi connectivity index (χ0) is 12.9. The number of aliphatic hydroxyl groups is 1. The predicted octanol–water partition coefficient (Wildman–Crippen LogP) is 0.883. The molecule has 0 spiro atoms. The second-order valence-corrected chi connectivity index (χ2v) is 5.58. The maximum absolute atomic E-state index is 11.6. The van der Waals surface area contributed by atoms with E-state index in [0.717, 1.165) is 0 Å². The van der Waals surface area contributed by atoms with Crippen molar-refractivity contribution in [2.75, 3.05) is 6.54 Å². The first-order valence-electron chi connectivity index (χ1n) is 5.91. The lowest BCUT2D eigenvalue weighted by atomic mass is 9.94. The fourth-order valence-electron chi connectivity index (χ4n) is 1.65. The molecule has 2 atom stereocenters. The maximum atomic E-state index is 11.6. The lowest BCUT2D eigenvalue weighted by Gasteiger charge is -2.26. The van der Waals surface area contributed by atoms with Gasteiger partial charge in [0.05, 0.1) is 11.6 Å². The highest BCUT2D eigenvalue weighted by molar-refractivity contribution is 5.81. The van der Waals surface area contributed by atoms with Gasteiger partial charge in [0.25, 0.3) is 0 Å². The Morgan fingerprint density at radius 3 is 2.25 bits per heavy atom. The summed E-state index contributed by atoms with van der Waals surface area (Å²) in [6.45, 7) is 9.86. The molecule has 96 valence electrons. The number of nitrogens with two attached hydrogens (primary N) is 1. The van der Waals surface area contributed by atoms with Crippen molar-refractivity contribution in [3.8, 4) is 0 Å². The second-order valence-electron chi connectivity index (χ2n) is 5.58. The lowest BCUT2D eigenvalue weighted by Crippen LogP contribution is -2.49. The molecule has 0 aromatic heterocycles. The van der Waals surface area contributed by atoms with Gasteiger partial charge in [0, 0.05) is 6.54 Å². The van der Waals surface area contributed by atoms with E-state index in [1.165, 1.54) is 0 Å². The van der Waals surface area contributed by atoms with E-state index >= 15 is 0 Å². The molecular formula is C12H26N2O2. The van der Waals surface area contributed by atoms with Crippen molar-refractivity contribution >= 4 is 5.91 Å². The second kappa shape index (κ2) is 6.21. The van der Waals surface area contributed by atoms with Gasteiger partial charge in [0.15, 0.2) is 0 Å². The highest BCUT2D eigenvalue weighted by Crippen LogP contribution is 2.15. The molecular weight excluding hydrogens is 204 g/mol. The van der Waals surface area contributed by atoms with Gasteiger partial charge in [-0.3, -0.25) is 4.79 Å². The van der Waals surface area contributed by atoms with Crippen LogP contribution in [0.4, 0.5) is 0 Å². The number of nitrogens with one attached hydrogen (secondary N) is 1. The largest absolute Gasteiger partial charge is 0.388 e. The molecule has 4 N–H and O–H groups in total. The van der Waals surface area contributed by atoms with Crippen LogP contribution >= 0.6 is 0 Å². The Morgan fingerprint density at radius 2 is 1.88 bits per heavy atom. The first kappa shape index (κ1) is 15.4. The third-order valence-corrected chi connectivity index (χ3v) is 2.51. The van der Waals surface area contributed by atoms with Crippen molar-refractivity contribution in [1.29, 1.82) is 0 Å². The number of rotatable bonds is 6. The fraction of sp³-hybridized carbons (Fsp3) is 0.917. The molecule has 0 saturated carbocycles. The molecule has 0 aromatic carbocycles. The van der Waals surface area contributed by atoms with E-state index in [-0.39, 0.29) is 18.4 Å². The molecule has 0 rings (SSSR count). The van der Waals surface area contributed by atoms with Crippen molar-refractivity contribution in [2.24, 2.45) is 17.6 Å². The number of amides is 1. The van der Waals surface area contributed by atoms with E-state index < -0.39 is 11.6 Å². The van der Waals surface area contributed by atoms with E-state index in [0.29, 0.717) is 12.3 Å². The number of carbonyl (C=O) groups excluding carboxylic acids is 1. The van der Waals surface area contributed by atoms with Gasteiger partial charge in [0.2, 0.25) is 5.91 Å². The average molecular weight is 230 g/mol. The summed E-state index contributed by atoms with van der Waals surface area (Å²) in [6, 6.07) is -0.505. The summed E-state index contributed by atoms with van der Waals surface area (Å²) in [7, 11) is 0. The van der Waals surface area contributed by atoms with E-state index in [4.69, 9.17) is 5.73 Å². The summed E-state index contributed by atoms with van der Waals surface area (Å²) in [5, 5.41) is 12.7. The van der Waals surface area contributed by atoms with Crippen molar-refractivity contribution < 1.29 is 9.90 Å². The monoisotopic (exact) mass is 230 g/mol. The average Bonchev–Trinajstić information content (AvgIpc) is 2.10. The van der Waals surface area contributed by atoms with Gasteiger partial charge in [-0.1, -0.05) is 27.7 Å². The molecule has 0 aliphatic rings. The van der Waals surface area contributed by atoms with Crippen LogP contribution in [0.3, 0.4) is 0 Å². The Morgan fingerprint density at radius 1 is 1.38 bits per heavy atom. The molecule has 4 nitrogen and oxygen atoms in total. The molecule has 0 aliphatic heterocycles. The van der Waals surface area contributed by atoms with E-state index in [9.17, 15) is 9.90 Å². The number of hydrogen-bond donors (Lipinski definition) is 3. The van der Waals surface area contributed by atoms with Crippen molar-refractivity contribution in [1.82, 2.24) is 5.32 Å². The van der Waals surface area contributed by atoms with Crippen molar-refractivity contribution in [3.05, 3.63) is 0 Å². The summed E-state index contributed by atoms with van der Waals surface area (Å²) in [5.41, 5.74) is 4.84. The topological polar surface area (TPSA) is 75.3 Å². The Labute approximate surface area is 98.6 Å².